The van der Waals surface area contributed by atoms with Crippen LogP contribution < -0.4 is 0 Å². The first kappa shape index (κ1) is 37.6. The van der Waals surface area contributed by atoms with E-state index in [1.165, 1.54) is 20.8 Å². The second-order valence-electron chi connectivity index (χ2n) is 15.4. The number of ether oxygens (including phenoxy) is 5. The predicted octanol–water partition coefficient (Wildman–Crippen LogP) is 5.73. The van der Waals surface area contributed by atoms with Crippen molar-refractivity contribution in [3.05, 3.63) is 0 Å². The number of esters is 4. The maximum Gasteiger partial charge on any atom is 0.305 e. The Balaban J connectivity index is 1.53. The summed E-state index contributed by atoms with van der Waals surface area (Å²) in [5.41, 5.74) is -0.408. The summed E-state index contributed by atoms with van der Waals surface area (Å²) in [4.78, 5) is 51.8. The van der Waals surface area contributed by atoms with Crippen molar-refractivity contribution in [3.63, 3.8) is 0 Å². The Morgan fingerprint density at radius 2 is 1.55 bits per heavy atom. The second kappa shape index (κ2) is 16.5. The highest BCUT2D eigenvalue weighted by molar-refractivity contribution is 5.69. The molecule has 3 aliphatic carbocycles. The van der Waals surface area contributed by atoms with Crippen LogP contribution >= 0.6 is 0 Å². The van der Waals surface area contributed by atoms with Gasteiger partial charge in [-0.05, 0) is 86.9 Å². The molecule has 4 aliphatic rings. The molecule has 0 radical (unpaired) electrons. The van der Waals surface area contributed by atoms with E-state index in [-0.39, 0.29) is 82.6 Å². The fourth-order valence-corrected chi connectivity index (χ4v) is 10.2. The van der Waals surface area contributed by atoms with Crippen molar-refractivity contribution < 1.29 is 42.9 Å². The quantitative estimate of drug-likeness (QED) is 0.179. The Kier molecular flexibility index (Phi) is 13.2. The molecule has 4 fully saturated rings. The molecule has 0 aromatic rings. The average molecular weight is 664 g/mol. The minimum atomic E-state index is -0.328. The van der Waals surface area contributed by atoms with Crippen LogP contribution in [-0.4, -0.2) is 86.5 Å². The SMILES string of the molecule is CC[C@@H](OC(C)=O)[C@@H]1[C@@H](C2(C)CCC(OC(C)=O)CC2)C[C@H](OC(C)=O)[C@]2(C)[C@@H]([C@H](C)CCC(=O)OCCN3CCOCC3)CC[C@@H]12. The molecule has 0 bridgehead atoms. The molecule has 8 atom stereocenters. The van der Waals surface area contributed by atoms with E-state index in [2.05, 4.69) is 32.6 Å². The molecule has 47 heavy (non-hydrogen) atoms. The highest BCUT2D eigenvalue weighted by atomic mass is 16.6. The van der Waals surface area contributed by atoms with Gasteiger partial charge < -0.3 is 23.7 Å². The number of fused-ring (bicyclic) bond motifs is 1. The van der Waals surface area contributed by atoms with Crippen LogP contribution in [0.15, 0.2) is 0 Å². The van der Waals surface area contributed by atoms with E-state index >= 15 is 0 Å². The van der Waals surface area contributed by atoms with Gasteiger partial charge in [0.2, 0.25) is 0 Å². The first-order valence-corrected chi connectivity index (χ1v) is 18.3. The van der Waals surface area contributed by atoms with Crippen LogP contribution in [0.4, 0.5) is 0 Å². The molecule has 1 heterocycles. The summed E-state index contributed by atoms with van der Waals surface area (Å²) in [6.07, 6.45) is 7.21. The summed E-state index contributed by atoms with van der Waals surface area (Å²) < 4.78 is 29.0. The van der Waals surface area contributed by atoms with Gasteiger partial charge in [0.1, 0.15) is 24.9 Å². The lowest BCUT2D eigenvalue weighted by atomic mass is 9.48. The van der Waals surface area contributed by atoms with Crippen LogP contribution in [0.25, 0.3) is 0 Å². The molecule has 0 spiro atoms. The molecule has 10 heteroatoms. The summed E-state index contributed by atoms with van der Waals surface area (Å²) in [5.74, 6) is -0.0240. The summed E-state index contributed by atoms with van der Waals surface area (Å²) in [6.45, 7) is 17.7. The monoisotopic (exact) mass is 663 g/mol. The third kappa shape index (κ3) is 9.08. The highest BCUT2D eigenvalue weighted by Crippen LogP contribution is 2.66. The molecule has 0 aromatic heterocycles. The van der Waals surface area contributed by atoms with Gasteiger partial charge in [-0.15, -0.1) is 0 Å². The van der Waals surface area contributed by atoms with Crippen LogP contribution in [0.2, 0.25) is 0 Å². The Hall–Kier alpha value is -2.20. The first-order chi connectivity index (χ1) is 22.3. The zero-order valence-electron chi connectivity index (χ0n) is 30.1. The number of hydrogen-bond donors (Lipinski definition) is 0. The van der Waals surface area contributed by atoms with Crippen LogP contribution in [0, 0.1) is 40.4 Å². The Bertz CT molecular complexity index is 1080. The standard InChI is InChI=1S/C37H61NO9/c1-8-32(46-26(4)40)35-30-11-10-29(24(2)9-12-34(42)44-22-19-38-17-20-43-21-18-38)37(30,7)33(47-27(5)41)23-31(35)36(6)15-13-28(14-16-36)45-25(3)39/h24,28-33,35H,8-23H2,1-7H3/t24-,28?,29-,30+,31+,32-,33+,35+,36?,37-/m1/s1. The molecule has 10 nitrogen and oxygen atoms in total. The second-order valence-corrected chi connectivity index (χ2v) is 15.4. The predicted molar refractivity (Wildman–Crippen MR) is 176 cm³/mol. The van der Waals surface area contributed by atoms with Gasteiger partial charge in [-0.1, -0.05) is 27.7 Å². The summed E-state index contributed by atoms with van der Waals surface area (Å²) in [7, 11) is 0. The van der Waals surface area contributed by atoms with Gasteiger partial charge in [0.15, 0.2) is 0 Å². The van der Waals surface area contributed by atoms with Gasteiger partial charge in [-0.2, -0.15) is 0 Å². The molecule has 268 valence electrons. The maximum absolute atomic E-state index is 12.8. The fourth-order valence-electron chi connectivity index (χ4n) is 10.2. The van der Waals surface area contributed by atoms with Crippen LogP contribution in [0.3, 0.4) is 0 Å². The highest BCUT2D eigenvalue weighted by Gasteiger charge is 2.64. The molecule has 1 aliphatic heterocycles. The van der Waals surface area contributed by atoms with Gasteiger partial charge in [-0.3, -0.25) is 24.1 Å². The third-order valence-corrected chi connectivity index (χ3v) is 12.5. The molecule has 4 rings (SSSR count). The van der Waals surface area contributed by atoms with E-state index in [1.807, 2.05) is 0 Å². The Morgan fingerprint density at radius 3 is 2.15 bits per heavy atom. The number of morpholine rings is 1. The molecular formula is C37H61NO9. The summed E-state index contributed by atoms with van der Waals surface area (Å²) >= 11 is 0. The zero-order valence-corrected chi connectivity index (χ0v) is 30.1. The van der Waals surface area contributed by atoms with E-state index in [9.17, 15) is 19.2 Å². The molecular weight excluding hydrogens is 602 g/mol. The van der Waals surface area contributed by atoms with Crippen molar-refractivity contribution in [3.8, 4) is 0 Å². The molecule has 0 amide bonds. The van der Waals surface area contributed by atoms with Gasteiger partial charge in [0.05, 0.1) is 13.2 Å². The molecule has 1 saturated heterocycles. The van der Waals surface area contributed by atoms with E-state index in [1.54, 1.807) is 0 Å². The largest absolute Gasteiger partial charge is 0.464 e. The van der Waals surface area contributed by atoms with Crippen LogP contribution in [0.5, 0.6) is 0 Å². The third-order valence-electron chi connectivity index (χ3n) is 12.5. The topological polar surface area (TPSA) is 118 Å². The summed E-state index contributed by atoms with van der Waals surface area (Å²) in [5, 5.41) is 0. The van der Waals surface area contributed by atoms with Gasteiger partial charge in [0, 0.05) is 58.2 Å². The van der Waals surface area contributed by atoms with Crippen LogP contribution in [-0.2, 0) is 42.9 Å². The minimum absolute atomic E-state index is 0.0737. The number of nitrogens with zero attached hydrogens (tertiary/aromatic N) is 1. The van der Waals surface area contributed by atoms with E-state index in [0.29, 0.717) is 32.3 Å². The molecule has 0 N–H and O–H groups in total. The van der Waals surface area contributed by atoms with Crippen molar-refractivity contribution in [2.45, 2.75) is 131 Å². The van der Waals surface area contributed by atoms with Crippen molar-refractivity contribution in [1.82, 2.24) is 4.90 Å². The first-order valence-electron chi connectivity index (χ1n) is 18.3. The molecule has 0 unspecified atom stereocenters. The lowest BCUT2D eigenvalue weighted by Gasteiger charge is -2.59. The zero-order chi connectivity index (χ0) is 34.4. The minimum Gasteiger partial charge on any atom is -0.464 e. The van der Waals surface area contributed by atoms with Gasteiger partial charge in [0.25, 0.3) is 0 Å². The van der Waals surface area contributed by atoms with E-state index in [0.717, 1.165) is 71.4 Å². The normalized spacial score (nSPS) is 35.6. The van der Waals surface area contributed by atoms with Gasteiger partial charge >= 0.3 is 23.9 Å². The Labute approximate surface area is 282 Å². The summed E-state index contributed by atoms with van der Waals surface area (Å²) in [6, 6.07) is 0. The lowest BCUT2D eigenvalue weighted by Crippen LogP contribution is -2.59. The van der Waals surface area contributed by atoms with E-state index in [4.69, 9.17) is 23.7 Å². The van der Waals surface area contributed by atoms with Crippen molar-refractivity contribution in [2.24, 2.45) is 40.4 Å². The van der Waals surface area contributed by atoms with Gasteiger partial charge in [-0.25, -0.2) is 0 Å². The van der Waals surface area contributed by atoms with Crippen molar-refractivity contribution in [1.29, 1.82) is 0 Å². The number of hydrogen-bond acceptors (Lipinski definition) is 10. The number of carbonyl (C=O) groups is 4. The lowest BCUT2D eigenvalue weighted by molar-refractivity contribution is -0.198. The number of rotatable bonds is 13. The average Bonchev–Trinajstić information content (AvgIpc) is 3.38. The smallest absolute Gasteiger partial charge is 0.305 e. The maximum atomic E-state index is 12.8. The van der Waals surface area contributed by atoms with Crippen LogP contribution in [0.1, 0.15) is 113 Å². The molecule has 0 aromatic carbocycles. The number of carbonyl (C=O) groups excluding carboxylic acids is 4. The Morgan fingerprint density at radius 1 is 0.894 bits per heavy atom. The van der Waals surface area contributed by atoms with E-state index < -0.39 is 0 Å². The van der Waals surface area contributed by atoms with Crippen molar-refractivity contribution >= 4 is 23.9 Å². The molecule has 3 saturated carbocycles. The fraction of sp³-hybridized carbons (Fsp3) is 0.892. The van der Waals surface area contributed by atoms with Crippen molar-refractivity contribution in [2.75, 3.05) is 39.5 Å².